The smallest absolute Gasteiger partial charge is 0.277 e. The molecule has 0 atom stereocenters. The van der Waals surface area contributed by atoms with E-state index in [1.165, 1.54) is 11.3 Å². The van der Waals surface area contributed by atoms with Crippen molar-refractivity contribution in [3.63, 3.8) is 0 Å². The van der Waals surface area contributed by atoms with E-state index < -0.39 is 0 Å². The molecule has 0 aliphatic carbocycles. The van der Waals surface area contributed by atoms with Gasteiger partial charge < -0.3 is 10.3 Å². The molecule has 3 aromatic rings. The summed E-state index contributed by atoms with van der Waals surface area (Å²) in [6, 6.07) is 0. The third-order valence-corrected chi connectivity index (χ3v) is 3.83. The molecule has 0 radical (unpaired) electrons. The molecule has 0 amide bonds. The zero-order chi connectivity index (χ0) is 12.5. The Labute approximate surface area is 111 Å². The van der Waals surface area contributed by atoms with E-state index in [1.54, 1.807) is 16.7 Å². The van der Waals surface area contributed by atoms with Crippen molar-refractivity contribution in [2.24, 2.45) is 0 Å². The van der Waals surface area contributed by atoms with E-state index in [9.17, 15) is 0 Å². The minimum Gasteiger partial charge on any atom is -0.375 e. The Morgan fingerprint density at radius 1 is 1.22 bits per heavy atom. The van der Waals surface area contributed by atoms with Crippen LogP contribution in [-0.2, 0) is 6.42 Å². The molecule has 92 valence electrons. The average molecular weight is 279 g/mol. The number of nitrogen functional groups attached to an aromatic ring is 1. The fourth-order valence-electron chi connectivity index (χ4n) is 1.43. The molecule has 0 saturated heterocycles. The highest BCUT2D eigenvalue weighted by Crippen LogP contribution is 2.22. The third kappa shape index (κ3) is 2.24. The summed E-state index contributed by atoms with van der Waals surface area (Å²) in [6.45, 7) is 1.96. The molecular weight excluding hydrogens is 270 g/mol. The molecule has 3 aromatic heterocycles. The number of anilines is 1. The molecule has 8 heteroatoms. The number of nitrogens with zero attached hydrogens (tertiary/aromatic N) is 4. The Morgan fingerprint density at radius 3 is 2.78 bits per heavy atom. The zero-order valence-corrected chi connectivity index (χ0v) is 11.1. The summed E-state index contributed by atoms with van der Waals surface area (Å²) in [5.41, 5.74) is 7.18. The van der Waals surface area contributed by atoms with Crippen molar-refractivity contribution in [2.45, 2.75) is 13.3 Å². The predicted octanol–water partition coefficient (Wildman–Crippen LogP) is 2.13. The third-order valence-electron chi connectivity index (χ3n) is 2.19. The van der Waals surface area contributed by atoms with Crippen molar-refractivity contribution >= 4 is 27.8 Å². The molecule has 0 fully saturated rings. The van der Waals surface area contributed by atoms with Gasteiger partial charge in [-0.15, -0.1) is 22.7 Å². The van der Waals surface area contributed by atoms with Gasteiger partial charge in [0.15, 0.2) is 11.0 Å². The maximum atomic E-state index is 5.56. The van der Waals surface area contributed by atoms with E-state index in [0.717, 1.165) is 10.7 Å². The minimum atomic E-state index is 0.395. The van der Waals surface area contributed by atoms with Crippen LogP contribution in [0.25, 0.3) is 11.6 Å². The maximum absolute atomic E-state index is 5.56. The quantitative estimate of drug-likeness (QED) is 0.789. The molecule has 0 aromatic carbocycles. The van der Waals surface area contributed by atoms with Gasteiger partial charge in [0.25, 0.3) is 5.89 Å². The number of thiazole rings is 2. The number of aryl methyl sites for hydroxylation is 1. The predicted molar refractivity (Wildman–Crippen MR) is 69.5 cm³/mol. The van der Waals surface area contributed by atoms with Gasteiger partial charge >= 0.3 is 0 Å². The van der Waals surface area contributed by atoms with E-state index in [4.69, 9.17) is 10.3 Å². The summed E-state index contributed by atoms with van der Waals surface area (Å²) in [4.78, 5) is 12.7. The molecule has 0 spiro atoms. The van der Waals surface area contributed by atoms with Crippen LogP contribution in [0.2, 0.25) is 0 Å². The van der Waals surface area contributed by atoms with Gasteiger partial charge in [0, 0.05) is 16.5 Å². The van der Waals surface area contributed by atoms with Crippen LogP contribution in [0.15, 0.2) is 15.3 Å². The summed E-state index contributed by atoms with van der Waals surface area (Å²) in [5.74, 6) is 0.997. The van der Waals surface area contributed by atoms with Gasteiger partial charge in [0.2, 0.25) is 0 Å². The van der Waals surface area contributed by atoms with Crippen molar-refractivity contribution < 1.29 is 4.52 Å². The van der Waals surface area contributed by atoms with Gasteiger partial charge in [-0.2, -0.15) is 4.98 Å². The van der Waals surface area contributed by atoms with E-state index >= 15 is 0 Å². The largest absolute Gasteiger partial charge is 0.375 e. The van der Waals surface area contributed by atoms with Gasteiger partial charge in [-0.25, -0.2) is 9.97 Å². The van der Waals surface area contributed by atoms with Gasteiger partial charge in [-0.3, -0.25) is 0 Å². The van der Waals surface area contributed by atoms with E-state index in [2.05, 4.69) is 20.1 Å². The van der Waals surface area contributed by atoms with E-state index in [-0.39, 0.29) is 0 Å². The van der Waals surface area contributed by atoms with Crippen molar-refractivity contribution in [3.8, 4) is 11.6 Å². The molecule has 0 bridgehead atoms. The van der Waals surface area contributed by atoms with Crippen LogP contribution in [0.4, 0.5) is 5.13 Å². The fraction of sp³-hybridized carbons (Fsp3) is 0.200. The second-order valence-corrected chi connectivity index (χ2v) is 5.48. The fourth-order valence-corrected chi connectivity index (χ4v) is 2.74. The number of rotatable bonds is 3. The summed E-state index contributed by atoms with van der Waals surface area (Å²) >= 11 is 2.93. The average Bonchev–Trinajstić information content (AvgIpc) is 3.01. The van der Waals surface area contributed by atoms with Crippen LogP contribution in [0.1, 0.15) is 16.5 Å². The molecule has 6 nitrogen and oxygen atoms in total. The maximum Gasteiger partial charge on any atom is 0.277 e. The molecule has 2 N–H and O–H groups in total. The highest BCUT2D eigenvalue weighted by molar-refractivity contribution is 7.13. The van der Waals surface area contributed by atoms with Gasteiger partial charge in [0.1, 0.15) is 10.7 Å². The van der Waals surface area contributed by atoms with Crippen LogP contribution >= 0.6 is 22.7 Å². The summed E-state index contributed by atoms with van der Waals surface area (Å²) in [6.07, 6.45) is 0.571. The lowest BCUT2D eigenvalue weighted by Crippen LogP contribution is -1.90. The molecular formula is C10H9N5OS2. The standard InChI is InChI=1S/C10H9N5OS2/c1-5-3-17-8(12-5)2-7-14-9(16-15-7)6-4-18-10(11)13-6/h3-4H,2H2,1H3,(H2,11,13). The Balaban J connectivity index is 1.81. The lowest BCUT2D eigenvalue weighted by molar-refractivity contribution is 0.423. The highest BCUT2D eigenvalue weighted by atomic mass is 32.1. The first kappa shape index (κ1) is 11.3. The van der Waals surface area contributed by atoms with Crippen molar-refractivity contribution in [1.29, 1.82) is 0 Å². The first-order valence-electron chi connectivity index (χ1n) is 5.15. The second kappa shape index (κ2) is 4.46. The number of hydrogen-bond donors (Lipinski definition) is 1. The minimum absolute atomic E-state index is 0.395. The van der Waals surface area contributed by atoms with Crippen LogP contribution < -0.4 is 5.73 Å². The van der Waals surface area contributed by atoms with Crippen LogP contribution in [0, 0.1) is 6.92 Å². The topological polar surface area (TPSA) is 90.7 Å². The van der Waals surface area contributed by atoms with Crippen molar-refractivity contribution in [3.05, 3.63) is 27.3 Å². The SMILES string of the molecule is Cc1csc(Cc2noc(-c3csc(N)n3)n2)n1. The van der Waals surface area contributed by atoms with Crippen molar-refractivity contribution in [2.75, 3.05) is 5.73 Å². The van der Waals surface area contributed by atoms with Crippen LogP contribution in [0.3, 0.4) is 0 Å². The normalized spacial score (nSPS) is 10.9. The lowest BCUT2D eigenvalue weighted by Gasteiger charge is -1.86. The van der Waals surface area contributed by atoms with Crippen molar-refractivity contribution in [1.82, 2.24) is 20.1 Å². The molecule has 3 heterocycles. The Morgan fingerprint density at radius 2 is 2.11 bits per heavy atom. The van der Waals surface area contributed by atoms with E-state index in [0.29, 0.717) is 29.0 Å². The molecule has 0 unspecified atom stereocenters. The molecule has 0 saturated carbocycles. The highest BCUT2D eigenvalue weighted by Gasteiger charge is 2.13. The molecule has 0 aliphatic rings. The van der Waals surface area contributed by atoms with Gasteiger partial charge in [0.05, 0.1) is 6.42 Å². The first-order valence-corrected chi connectivity index (χ1v) is 6.91. The zero-order valence-electron chi connectivity index (χ0n) is 9.45. The Bertz CT molecular complexity index is 671. The molecule has 3 rings (SSSR count). The summed E-state index contributed by atoms with van der Waals surface area (Å²) in [7, 11) is 0. The van der Waals surface area contributed by atoms with Crippen LogP contribution in [0.5, 0.6) is 0 Å². The summed E-state index contributed by atoms with van der Waals surface area (Å²) < 4.78 is 5.15. The molecule has 18 heavy (non-hydrogen) atoms. The monoisotopic (exact) mass is 279 g/mol. The number of aromatic nitrogens is 4. The van der Waals surface area contributed by atoms with Gasteiger partial charge in [-0.05, 0) is 6.92 Å². The first-order chi connectivity index (χ1) is 8.70. The molecule has 0 aliphatic heterocycles. The second-order valence-electron chi connectivity index (χ2n) is 3.65. The number of nitrogens with two attached hydrogens (primary N) is 1. The lowest BCUT2D eigenvalue weighted by atomic mass is 10.4. The summed E-state index contributed by atoms with van der Waals surface area (Å²) in [5, 5.41) is 9.16. The van der Waals surface area contributed by atoms with E-state index in [1.807, 2.05) is 12.3 Å². The van der Waals surface area contributed by atoms with Crippen LogP contribution in [-0.4, -0.2) is 20.1 Å². The Kier molecular flexibility index (Phi) is 2.80. The van der Waals surface area contributed by atoms with Gasteiger partial charge in [-0.1, -0.05) is 5.16 Å². The number of hydrogen-bond acceptors (Lipinski definition) is 8. The Hall–Kier alpha value is -1.80.